The van der Waals surface area contributed by atoms with Crippen molar-refractivity contribution in [3.8, 4) is 5.75 Å². The molecule has 32 heavy (non-hydrogen) atoms. The SMILES string of the molecule is Cc1nnc(N2C(=O)C(=O)/C(=C(/O)c3ccc4c(c3)CC(C)O4)C2c2ccc(Cl)cc2)s1. The molecule has 3 heterocycles. The Morgan fingerprint density at radius 3 is 2.62 bits per heavy atom. The zero-order valence-corrected chi connectivity index (χ0v) is 18.8. The predicted octanol–water partition coefficient (Wildman–Crippen LogP) is 4.45. The van der Waals surface area contributed by atoms with Crippen molar-refractivity contribution in [3.05, 3.63) is 74.8 Å². The van der Waals surface area contributed by atoms with Crippen LogP contribution in [0.3, 0.4) is 0 Å². The molecule has 2 aliphatic heterocycles. The van der Waals surface area contributed by atoms with E-state index in [4.69, 9.17) is 16.3 Å². The number of aryl methyl sites for hydroxylation is 1. The number of aliphatic hydroxyl groups excluding tert-OH is 1. The van der Waals surface area contributed by atoms with Crippen LogP contribution in [0.1, 0.15) is 34.7 Å². The van der Waals surface area contributed by atoms with E-state index in [0.717, 1.165) is 11.3 Å². The van der Waals surface area contributed by atoms with Crippen molar-refractivity contribution >= 4 is 45.5 Å². The Bertz CT molecular complexity index is 1280. The summed E-state index contributed by atoms with van der Waals surface area (Å²) in [4.78, 5) is 27.5. The molecule has 2 unspecified atom stereocenters. The zero-order valence-electron chi connectivity index (χ0n) is 17.2. The third-order valence-electron chi connectivity index (χ3n) is 5.52. The fraction of sp³-hybridized carbons (Fsp3) is 0.217. The molecule has 0 radical (unpaired) electrons. The highest BCUT2D eigenvalue weighted by atomic mass is 35.5. The van der Waals surface area contributed by atoms with Gasteiger partial charge in [-0.1, -0.05) is 35.1 Å². The van der Waals surface area contributed by atoms with Crippen LogP contribution in [0.5, 0.6) is 5.75 Å². The Balaban J connectivity index is 1.68. The van der Waals surface area contributed by atoms with Gasteiger partial charge in [-0.25, -0.2) is 0 Å². The highest BCUT2D eigenvalue weighted by Crippen LogP contribution is 2.43. The molecule has 2 aliphatic rings. The minimum Gasteiger partial charge on any atom is -0.507 e. The number of Topliss-reactive ketones (excluding diaryl/α,β-unsaturated/α-hetero) is 1. The van der Waals surface area contributed by atoms with Gasteiger partial charge in [0.2, 0.25) is 5.13 Å². The van der Waals surface area contributed by atoms with Crippen molar-refractivity contribution in [1.82, 2.24) is 10.2 Å². The molecule has 2 aromatic carbocycles. The summed E-state index contributed by atoms with van der Waals surface area (Å²) >= 11 is 7.25. The fourth-order valence-electron chi connectivity index (χ4n) is 4.10. The van der Waals surface area contributed by atoms with Crippen molar-refractivity contribution in [2.24, 2.45) is 0 Å². The quantitative estimate of drug-likeness (QED) is 0.347. The molecule has 2 atom stereocenters. The van der Waals surface area contributed by atoms with Gasteiger partial charge in [0.1, 0.15) is 22.6 Å². The number of carbonyl (C=O) groups excluding carboxylic acids is 2. The molecule has 5 rings (SSSR count). The Hall–Kier alpha value is -3.23. The van der Waals surface area contributed by atoms with E-state index in [1.807, 2.05) is 6.92 Å². The zero-order chi connectivity index (χ0) is 22.6. The maximum absolute atomic E-state index is 13.1. The number of amides is 1. The number of ether oxygens (including phenoxy) is 1. The van der Waals surface area contributed by atoms with Crippen LogP contribution in [0.25, 0.3) is 5.76 Å². The molecule has 0 bridgehead atoms. The fourth-order valence-corrected chi connectivity index (χ4v) is 4.94. The van der Waals surface area contributed by atoms with Gasteiger partial charge < -0.3 is 9.84 Å². The lowest BCUT2D eigenvalue weighted by Gasteiger charge is -2.22. The van der Waals surface area contributed by atoms with E-state index in [0.29, 0.717) is 32.7 Å². The van der Waals surface area contributed by atoms with Crippen LogP contribution < -0.4 is 9.64 Å². The first kappa shape index (κ1) is 20.7. The highest BCUT2D eigenvalue weighted by Gasteiger charge is 2.48. The molecule has 1 aromatic heterocycles. The minimum atomic E-state index is -0.858. The lowest BCUT2D eigenvalue weighted by Crippen LogP contribution is -2.29. The van der Waals surface area contributed by atoms with Crippen molar-refractivity contribution in [2.45, 2.75) is 32.4 Å². The summed E-state index contributed by atoms with van der Waals surface area (Å²) in [5.41, 5.74) is 2.02. The lowest BCUT2D eigenvalue weighted by atomic mass is 9.94. The number of aliphatic hydroxyl groups is 1. The van der Waals surface area contributed by atoms with Crippen molar-refractivity contribution in [3.63, 3.8) is 0 Å². The van der Waals surface area contributed by atoms with Crippen molar-refractivity contribution in [1.29, 1.82) is 0 Å². The number of rotatable bonds is 3. The molecule has 0 aliphatic carbocycles. The number of carbonyl (C=O) groups is 2. The maximum Gasteiger partial charge on any atom is 0.301 e. The first-order chi connectivity index (χ1) is 15.3. The van der Waals surface area contributed by atoms with Crippen LogP contribution in [0.2, 0.25) is 5.02 Å². The van der Waals surface area contributed by atoms with Crippen molar-refractivity contribution in [2.75, 3.05) is 4.90 Å². The molecule has 3 aromatic rings. The molecule has 1 amide bonds. The number of hydrogen-bond acceptors (Lipinski definition) is 7. The highest BCUT2D eigenvalue weighted by molar-refractivity contribution is 7.15. The number of anilines is 1. The molecular weight excluding hydrogens is 450 g/mol. The van der Waals surface area contributed by atoms with Gasteiger partial charge in [0.25, 0.3) is 5.78 Å². The normalized spacial score (nSPS) is 21.7. The molecule has 7 nitrogen and oxygen atoms in total. The van der Waals surface area contributed by atoms with E-state index in [-0.39, 0.29) is 17.4 Å². The summed E-state index contributed by atoms with van der Waals surface area (Å²) in [6.45, 7) is 3.73. The largest absolute Gasteiger partial charge is 0.507 e. The van der Waals surface area contributed by atoms with E-state index < -0.39 is 17.7 Å². The van der Waals surface area contributed by atoms with Gasteiger partial charge in [0, 0.05) is 17.0 Å². The number of aromatic nitrogens is 2. The average molecular weight is 468 g/mol. The number of fused-ring (bicyclic) bond motifs is 1. The Labute approximate surface area is 192 Å². The lowest BCUT2D eigenvalue weighted by molar-refractivity contribution is -0.132. The molecule has 1 fully saturated rings. The van der Waals surface area contributed by atoms with Gasteiger partial charge in [-0.15, -0.1) is 10.2 Å². The summed E-state index contributed by atoms with van der Waals surface area (Å²) in [6.07, 6.45) is 0.748. The summed E-state index contributed by atoms with van der Waals surface area (Å²) in [5.74, 6) is -1.02. The van der Waals surface area contributed by atoms with E-state index in [9.17, 15) is 14.7 Å². The standard InChI is InChI=1S/C23H18ClN3O4S/c1-11-9-15-10-14(5-8-17(15)31-11)20(28)18-19(13-3-6-16(24)7-4-13)27(22(30)21(18)29)23-26-25-12(2)32-23/h3-8,10-11,19,28H,9H2,1-2H3/b20-18+. The van der Waals surface area contributed by atoms with E-state index in [1.165, 1.54) is 16.2 Å². The second-order valence-corrected chi connectivity index (χ2v) is 9.38. The number of halogens is 1. The second kappa shape index (κ2) is 7.72. The van der Waals surface area contributed by atoms with Gasteiger partial charge in [-0.3, -0.25) is 14.5 Å². The second-order valence-electron chi connectivity index (χ2n) is 7.78. The summed E-state index contributed by atoms with van der Waals surface area (Å²) in [5, 5.41) is 20.8. The number of nitrogens with zero attached hydrogens (tertiary/aromatic N) is 3. The molecule has 162 valence electrons. The maximum atomic E-state index is 13.1. The number of benzene rings is 2. The molecular formula is C23H18ClN3O4S. The average Bonchev–Trinajstić information content (AvgIpc) is 3.43. The summed E-state index contributed by atoms with van der Waals surface area (Å²) in [6, 6.07) is 11.2. The van der Waals surface area contributed by atoms with E-state index in [2.05, 4.69) is 10.2 Å². The third-order valence-corrected chi connectivity index (χ3v) is 6.61. The van der Waals surface area contributed by atoms with Gasteiger partial charge in [-0.05, 0) is 55.3 Å². The van der Waals surface area contributed by atoms with Gasteiger partial charge in [0.05, 0.1) is 11.6 Å². The Morgan fingerprint density at radius 1 is 1.19 bits per heavy atom. The van der Waals surface area contributed by atoms with Gasteiger partial charge >= 0.3 is 5.91 Å². The summed E-state index contributed by atoms with van der Waals surface area (Å²) < 4.78 is 5.73. The smallest absolute Gasteiger partial charge is 0.301 e. The van der Waals surface area contributed by atoms with Gasteiger partial charge in [-0.2, -0.15) is 0 Å². The topological polar surface area (TPSA) is 92.6 Å². The number of hydrogen-bond donors (Lipinski definition) is 1. The first-order valence-corrected chi connectivity index (χ1v) is 11.2. The third kappa shape index (κ3) is 3.36. The van der Waals surface area contributed by atoms with Crippen LogP contribution in [0, 0.1) is 6.92 Å². The van der Waals surface area contributed by atoms with Crippen molar-refractivity contribution < 1.29 is 19.4 Å². The summed E-state index contributed by atoms with van der Waals surface area (Å²) in [7, 11) is 0. The van der Waals surface area contributed by atoms with Gasteiger partial charge in [0.15, 0.2) is 0 Å². The van der Waals surface area contributed by atoms with E-state index >= 15 is 0 Å². The van der Waals surface area contributed by atoms with Crippen LogP contribution >= 0.6 is 22.9 Å². The van der Waals surface area contributed by atoms with Crippen LogP contribution in [-0.2, 0) is 16.0 Å². The number of ketones is 1. The molecule has 0 saturated carbocycles. The van der Waals surface area contributed by atoms with Crippen LogP contribution in [0.15, 0.2) is 48.0 Å². The molecule has 9 heteroatoms. The monoisotopic (exact) mass is 467 g/mol. The molecule has 0 spiro atoms. The van der Waals surface area contributed by atoms with E-state index in [1.54, 1.807) is 49.4 Å². The Morgan fingerprint density at radius 2 is 1.94 bits per heavy atom. The minimum absolute atomic E-state index is 0.00270. The first-order valence-electron chi connectivity index (χ1n) is 10.00. The van der Waals surface area contributed by atoms with Crippen LogP contribution in [-0.4, -0.2) is 33.1 Å². The Kier molecular flexibility index (Phi) is 4.98. The van der Waals surface area contributed by atoms with Crippen LogP contribution in [0.4, 0.5) is 5.13 Å². The predicted molar refractivity (Wildman–Crippen MR) is 121 cm³/mol. The molecule has 1 saturated heterocycles. The molecule has 1 N–H and O–H groups in total.